The molecule has 1 atom stereocenters. The summed E-state index contributed by atoms with van der Waals surface area (Å²) >= 11 is 0. The Morgan fingerprint density at radius 1 is 1.14 bits per heavy atom. The van der Waals surface area contributed by atoms with Gasteiger partial charge in [0.05, 0.1) is 25.8 Å². The molecule has 0 saturated carbocycles. The Morgan fingerprint density at radius 3 is 2.62 bits per heavy atom. The summed E-state index contributed by atoms with van der Waals surface area (Å²) in [4.78, 5) is 26.9. The Kier molecular flexibility index (Phi) is 5.29. The number of hydrogen-bond acceptors (Lipinski definition) is 4. The molecule has 29 heavy (non-hydrogen) atoms. The number of nitrogens with one attached hydrogen (secondary N) is 1. The van der Waals surface area contributed by atoms with Crippen LogP contribution in [0.4, 0.5) is 11.5 Å². The van der Waals surface area contributed by atoms with Crippen molar-refractivity contribution in [3.05, 3.63) is 72.4 Å². The minimum atomic E-state index is -0.412. The SMILES string of the molecule is COc1ccc(N2C[C@H](C(=O)Nc3ccnn3Cc3ccccc3)CC2=O)cc1. The highest BCUT2D eigenvalue weighted by molar-refractivity contribution is 6.03. The highest BCUT2D eigenvalue weighted by atomic mass is 16.5. The number of carbonyl (C=O) groups excluding carboxylic acids is 2. The van der Waals surface area contributed by atoms with Crippen LogP contribution in [0.5, 0.6) is 5.75 Å². The Labute approximate surface area is 168 Å². The van der Waals surface area contributed by atoms with E-state index in [1.807, 2.05) is 42.5 Å². The highest BCUT2D eigenvalue weighted by Crippen LogP contribution is 2.27. The van der Waals surface area contributed by atoms with E-state index in [0.717, 1.165) is 17.0 Å². The topological polar surface area (TPSA) is 76.5 Å². The minimum absolute atomic E-state index is 0.0619. The molecule has 7 nitrogen and oxygen atoms in total. The molecule has 0 unspecified atom stereocenters. The van der Waals surface area contributed by atoms with Crippen LogP contribution in [0.25, 0.3) is 0 Å². The van der Waals surface area contributed by atoms with E-state index in [-0.39, 0.29) is 18.2 Å². The molecule has 148 valence electrons. The Bertz CT molecular complexity index is 998. The third-order valence-electron chi connectivity index (χ3n) is 5.02. The first-order chi connectivity index (χ1) is 14.1. The summed E-state index contributed by atoms with van der Waals surface area (Å²) in [6.45, 7) is 0.912. The summed E-state index contributed by atoms with van der Waals surface area (Å²) in [5.74, 6) is 0.692. The summed E-state index contributed by atoms with van der Waals surface area (Å²) in [6.07, 6.45) is 1.84. The van der Waals surface area contributed by atoms with E-state index in [1.54, 1.807) is 41.1 Å². The average molecular weight is 390 g/mol. The fourth-order valence-electron chi connectivity index (χ4n) is 3.44. The number of rotatable bonds is 6. The second-order valence-electron chi connectivity index (χ2n) is 6.95. The van der Waals surface area contributed by atoms with Gasteiger partial charge in [-0.25, -0.2) is 4.68 Å². The fraction of sp³-hybridized carbons (Fsp3) is 0.227. The summed E-state index contributed by atoms with van der Waals surface area (Å²) in [5, 5.41) is 7.22. The predicted octanol–water partition coefficient (Wildman–Crippen LogP) is 2.93. The van der Waals surface area contributed by atoms with Gasteiger partial charge in [-0.3, -0.25) is 9.59 Å². The quantitative estimate of drug-likeness (QED) is 0.702. The van der Waals surface area contributed by atoms with Crippen LogP contribution in [0.15, 0.2) is 66.9 Å². The summed E-state index contributed by atoms with van der Waals surface area (Å²) in [6, 6.07) is 18.9. The summed E-state index contributed by atoms with van der Waals surface area (Å²) in [7, 11) is 1.60. The zero-order chi connectivity index (χ0) is 20.2. The van der Waals surface area contributed by atoms with Crippen molar-refractivity contribution in [2.75, 3.05) is 23.9 Å². The molecular formula is C22H22N4O3. The molecule has 0 aliphatic carbocycles. The van der Waals surface area contributed by atoms with Crippen molar-refractivity contribution in [2.45, 2.75) is 13.0 Å². The van der Waals surface area contributed by atoms with Crippen molar-refractivity contribution in [3.8, 4) is 5.75 Å². The van der Waals surface area contributed by atoms with E-state index < -0.39 is 5.92 Å². The first-order valence-electron chi connectivity index (χ1n) is 9.45. The number of carbonyl (C=O) groups is 2. The molecule has 1 aliphatic heterocycles. The van der Waals surface area contributed by atoms with Gasteiger partial charge in [-0.15, -0.1) is 0 Å². The molecule has 2 aromatic carbocycles. The largest absolute Gasteiger partial charge is 0.497 e. The molecule has 1 aliphatic rings. The van der Waals surface area contributed by atoms with Crippen LogP contribution in [-0.2, 0) is 16.1 Å². The zero-order valence-corrected chi connectivity index (χ0v) is 16.1. The van der Waals surface area contributed by atoms with Gasteiger partial charge in [0.1, 0.15) is 11.6 Å². The third kappa shape index (κ3) is 4.13. The van der Waals surface area contributed by atoms with Crippen LogP contribution in [0.1, 0.15) is 12.0 Å². The van der Waals surface area contributed by atoms with Crippen molar-refractivity contribution in [2.24, 2.45) is 5.92 Å². The smallest absolute Gasteiger partial charge is 0.230 e. The Hall–Kier alpha value is -3.61. The van der Waals surface area contributed by atoms with E-state index in [4.69, 9.17) is 4.74 Å². The lowest BCUT2D eigenvalue weighted by molar-refractivity contribution is -0.122. The molecule has 1 saturated heterocycles. The molecule has 2 amide bonds. The van der Waals surface area contributed by atoms with Gasteiger partial charge < -0.3 is 15.0 Å². The molecule has 7 heteroatoms. The molecule has 0 spiro atoms. The second-order valence-corrected chi connectivity index (χ2v) is 6.95. The molecule has 1 N–H and O–H groups in total. The normalized spacial score (nSPS) is 16.1. The fourth-order valence-corrected chi connectivity index (χ4v) is 3.44. The van der Waals surface area contributed by atoms with Crippen LogP contribution in [-0.4, -0.2) is 35.2 Å². The van der Waals surface area contributed by atoms with Gasteiger partial charge in [0.15, 0.2) is 0 Å². The third-order valence-corrected chi connectivity index (χ3v) is 5.02. The molecule has 0 bridgehead atoms. The number of nitrogens with zero attached hydrogens (tertiary/aromatic N) is 3. The van der Waals surface area contributed by atoms with Crippen molar-refractivity contribution in [1.82, 2.24) is 9.78 Å². The first-order valence-corrected chi connectivity index (χ1v) is 9.45. The number of methoxy groups -OCH3 is 1. The number of amides is 2. The van der Waals surface area contributed by atoms with Gasteiger partial charge in [0, 0.05) is 24.7 Å². The molecular weight excluding hydrogens is 368 g/mol. The molecule has 4 rings (SSSR count). The van der Waals surface area contributed by atoms with Crippen LogP contribution in [0.3, 0.4) is 0 Å². The first kappa shape index (κ1) is 18.7. The van der Waals surface area contributed by atoms with E-state index in [0.29, 0.717) is 18.9 Å². The number of ether oxygens (including phenoxy) is 1. The lowest BCUT2D eigenvalue weighted by atomic mass is 10.1. The number of hydrogen-bond donors (Lipinski definition) is 1. The standard InChI is InChI=1S/C22H22N4O3/c1-29-19-9-7-18(8-10-19)25-15-17(13-21(25)27)22(28)24-20-11-12-23-26(20)14-16-5-3-2-4-6-16/h2-12,17H,13-15H2,1H3,(H,24,28)/t17-/m1/s1. The van der Waals surface area contributed by atoms with Crippen LogP contribution < -0.4 is 15.0 Å². The van der Waals surface area contributed by atoms with Gasteiger partial charge in [0.2, 0.25) is 11.8 Å². The molecule has 3 aromatic rings. The van der Waals surface area contributed by atoms with E-state index in [1.165, 1.54) is 0 Å². The summed E-state index contributed by atoms with van der Waals surface area (Å²) < 4.78 is 6.90. The van der Waals surface area contributed by atoms with Gasteiger partial charge >= 0.3 is 0 Å². The van der Waals surface area contributed by atoms with Gasteiger partial charge in [-0.05, 0) is 29.8 Å². The molecule has 1 fully saturated rings. The number of aromatic nitrogens is 2. The number of benzene rings is 2. The van der Waals surface area contributed by atoms with Crippen LogP contribution in [0, 0.1) is 5.92 Å². The minimum Gasteiger partial charge on any atom is -0.497 e. The van der Waals surface area contributed by atoms with Gasteiger partial charge in [-0.2, -0.15) is 5.10 Å². The van der Waals surface area contributed by atoms with Crippen molar-refractivity contribution in [3.63, 3.8) is 0 Å². The number of anilines is 2. The molecule has 1 aromatic heterocycles. The van der Waals surface area contributed by atoms with E-state index >= 15 is 0 Å². The monoisotopic (exact) mass is 390 g/mol. The van der Waals surface area contributed by atoms with E-state index in [9.17, 15) is 9.59 Å². The maximum atomic E-state index is 12.8. The zero-order valence-electron chi connectivity index (χ0n) is 16.1. The van der Waals surface area contributed by atoms with Crippen molar-refractivity contribution < 1.29 is 14.3 Å². The van der Waals surface area contributed by atoms with Gasteiger partial charge in [-0.1, -0.05) is 30.3 Å². The van der Waals surface area contributed by atoms with Crippen LogP contribution in [0.2, 0.25) is 0 Å². The Morgan fingerprint density at radius 2 is 1.90 bits per heavy atom. The predicted molar refractivity (Wildman–Crippen MR) is 110 cm³/mol. The molecule has 2 heterocycles. The second kappa shape index (κ2) is 8.18. The van der Waals surface area contributed by atoms with E-state index in [2.05, 4.69) is 10.4 Å². The lowest BCUT2D eigenvalue weighted by Crippen LogP contribution is -2.28. The maximum Gasteiger partial charge on any atom is 0.230 e. The molecule has 0 radical (unpaired) electrons. The highest BCUT2D eigenvalue weighted by Gasteiger charge is 2.35. The Balaban J connectivity index is 1.42. The average Bonchev–Trinajstić information content (AvgIpc) is 3.35. The van der Waals surface area contributed by atoms with Crippen molar-refractivity contribution >= 4 is 23.3 Å². The van der Waals surface area contributed by atoms with Gasteiger partial charge in [0.25, 0.3) is 0 Å². The van der Waals surface area contributed by atoms with Crippen molar-refractivity contribution in [1.29, 1.82) is 0 Å². The lowest BCUT2D eigenvalue weighted by Gasteiger charge is -2.17. The van der Waals surface area contributed by atoms with Crippen LogP contribution >= 0.6 is 0 Å². The maximum absolute atomic E-state index is 12.8. The summed E-state index contributed by atoms with van der Waals surface area (Å²) in [5.41, 5.74) is 1.86.